The van der Waals surface area contributed by atoms with Crippen molar-refractivity contribution in [2.45, 2.75) is 39.0 Å². The molecule has 0 fully saturated rings. The Morgan fingerprint density at radius 3 is 2.76 bits per heavy atom. The van der Waals surface area contributed by atoms with E-state index in [-0.39, 0.29) is 16.7 Å². The molecule has 4 heteroatoms. The van der Waals surface area contributed by atoms with Gasteiger partial charge in [-0.15, -0.1) is 0 Å². The van der Waals surface area contributed by atoms with E-state index in [1.807, 2.05) is 0 Å². The first-order valence-electron chi connectivity index (χ1n) is 5.92. The van der Waals surface area contributed by atoms with Gasteiger partial charge in [-0.3, -0.25) is 4.79 Å². The summed E-state index contributed by atoms with van der Waals surface area (Å²) in [6, 6.07) is 4.64. The maximum atomic E-state index is 11.6. The van der Waals surface area contributed by atoms with Gasteiger partial charge in [0.1, 0.15) is 5.75 Å². The number of carbonyl (C=O) groups excluding carboxylic acids is 1. The second kappa shape index (κ2) is 7.17. The third-order valence-corrected chi connectivity index (χ3v) is 2.79. The maximum Gasteiger partial charge on any atom is 0.224 e. The molecular weight excluding hydrogens is 238 g/mol. The Hall–Kier alpha value is -1.22. The van der Waals surface area contributed by atoms with Crippen molar-refractivity contribution in [1.82, 2.24) is 0 Å². The second-order valence-corrected chi connectivity index (χ2v) is 4.43. The van der Waals surface area contributed by atoms with Gasteiger partial charge in [-0.25, -0.2) is 0 Å². The summed E-state index contributed by atoms with van der Waals surface area (Å²) in [6.45, 7) is 2.14. The van der Waals surface area contributed by atoms with E-state index in [1.165, 1.54) is 6.07 Å². The summed E-state index contributed by atoms with van der Waals surface area (Å²) in [5.41, 5.74) is 0.619. The molecule has 1 rings (SSSR count). The zero-order chi connectivity index (χ0) is 12.7. The van der Waals surface area contributed by atoms with Crippen LogP contribution in [-0.4, -0.2) is 11.0 Å². The normalized spacial score (nSPS) is 10.2. The second-order valence-electron chi connectivity index (χ2n) is 4.03. The molecule has 1 aromatic rings. The van der Waals surface area contributed by atoms with E-state index in [2.05, 4.69) is 12.2 Å². The highest BCUT2D eigenvalue weighted by Crippen LogP contribution is 2.26. The Morgan fingerprint density at radius 2 is 2.12 bits per heavy atom. The van der Waals surface area contributed by atoms with Gasteiger partial charge in [-0.05, 0) is 24.6 Å². The molecule has 0 aliphatic rings. The fourth-order valence-electron chi connectivity index (χ4n) is 1.52. The van der Waals surface area contributed by atoms with Gasteiger partial charge in [-0.2, -0.15) is 0 Å². The van der Waals surface area contributed by atoms with Crippen molar-refractivity contribution in [3.05, 3.63) is 23.2 Å². The topological polar surface area (TPSA) is 49.3 Å². The Kier molecular flexibility index (Phi) is 5.84. The van der Waals surface area contributed by atoms with Crippen LogP contribution in [0.5, 0.6) is 5.75 Å². The minimum absolute atomic E-state index is 0.0112. The largest absolute Gasteiger partial charge is 0.506 e. The van der Waals surface area contributed by atoms with E-state index in [9.17, 15) is 9.90 Å². The summed E-state index contributed by atoms with van der Waals surface area (Å²) in [7, 11) is 0. The molecule has 0 aromatic heterocycles. The minimum atomic E-state index is -0.0112. The van der Waals surface area contributed by atoms with Gasteiger partial charge in [-0.1, -0.05) is 37.8 Å². The van der Waals surface area contributed by atoms with E-state index in [0.717, 1.165) is 25.7 Å². The van der Waals surface area contributed by atoms with Crippen LogP contribution in [0.25, 0.3) is 0 Å². The lowest BCUT2D eigenvalue weighted by Gasteiger charge is -2.06. The molecule has 1 amide bonds. The van der Waals surface area contributed by atoms with Gasteiger partial charge in [0.05, 0.1) is 5.02 Å². The number of phenolic OH excluding ortho intramolecular Hbond substituents is 1. The molecule has 3 nitrogen and oxygen atoms in total. The quantitative estimate of drug-likeness (QED) is 0.597. The third kappa shape index (κ3) is 5.09. The average molecular weight is 256 g/mol. The third-order valence-electron chi connectivity index (χ3n) is 2.49. The van der Waals surface area contributed by atoms with Crippen LogP contribution in [0.15, 0.2) is 18.2 Å². The molecule has 0 spiro atoms. The van der Waals surface area contributed by atoms with Crippen molar-refractivity contribution in [3.8, 4) is 5.75 Å². The number of halogens is 1. The van der Waals surface area contributed by atoms with Crippen LogP contribution in [0, 0.1) is 0 Å². The number of hydrogen-bond donors (Lipinski definition) is 2. The van der Waals surface area contributed by atoms with E-state index in [1.54, 1.807) is 12.1 Å². The number of hydrogen-bond acceptors (Lipinski definition) is 2. The SMILES string of the molecule is CCCCCCC(=O)Nc1ccc(O)c(Cl)c1. The first-order valence-corrected chi connectivity index (χ1v) is 6.29. The van der Waals surface area contributed by atoms with Crippen LogP contribution in [0.2, 0.25) is 5.02 Å². The first kappa shape index (κ1) is 13.8. The molecule has 0 saturated carbocycles. The van der Waals surface area contributed by atoms with Crippen molar-refractivity contribution in [2.24, 2.45) is 0 Å². The number of rotatable bonds is 6. The van der Waals surface area contributed by atoms with Crippen LogP contribution in [0.4, 0.5) is 5.69 Å². The van der Waals surface area contributed by atoms with Crippen molar-refractivity contribution in [3.63, 3.8) is 0 Å². The molecule has 1 aromatic carbocycles. The average Bonchev–Trinajstić information content (AvgIpc) is 2.30. The Balaban J connectivity index is 2.37. The molecular formula is C13H18ClNO2. The summed E-state index contributed by atoms with van der Waals surface area (Å²) in [5, 5.41) is 12.2. The highest BCUT2D eigenvalue weighted by atomic mass is 35.5. The molecule has 17 heavy (non-hydrogen) atoms. The molecule has 0 saturated heterocycles. The smallest absolute Gasteiger partial charge is 0.224 e. The lowest BCUT2D eigenvalue weighted by atomic mass is 10.1. The predicted molar refractivity (Wildman–Crippen MR) is 70.5 cm³/mol. The Labute approximate surface area is 107 Å². The maximum absolute atomic E-state index is 11.6. The number of phenols is 1. The molecule has 0 aliphatic heterocycles. The summed E-state index contributed by atoms with van der Waals surface area (Å²) >= 11 is 5.74. The van der Waals surface area contributed by atoms with Gasteiger partial charge in [0.2, 0.25) is 5.91 Å². The van der Waals surface area contributed by atoms with Gasteiger partial charge >= 0.3 is 0 Å². The molecule has 0 unspecified atom stereocenters. The first-order chi connectivity index (χ1) is 8.13. The number of aromatic hydroxyl groups is 1. The van der Waals surface area contributed by atoms with Crippen molar-refractivity contribution in [1.29, 1.82) is 0 Å². The number of nitrogens with one attached hydrogen (secondary N) is 1. The lowest BCUT2D eigenvalue weighted by Crippen LogP contribution is -2.10. The highest BCUT2D eigenvalue weighted by molar-refractivity contribution is 6.32. The zero-order valence-electron chi connectivity index (χ0n) is 10.0. The lowest BCUT2D eigenvalue weighted by molar-refractivity contribution is -0.116. The zero-order valence-corrected chi connectivity index (χ0v) is 10.8. The molecule has 0 atom stereocenters. The van der Waals surface area contributed by atoms with E-state index < -0.39 is 0 Å². The van der Waals surface area contributed by atoms with Crippen molar-refractivity contribution in [2.75, 3.05) is 5.32 Å². The summed E-state index contributed by atoms with van der Waals surface area (Å²) in [6.07, 6.45) is 4.84. The highest BCUT2D eigenvalue weighted by Gasteiger charge is 2.04. The predicted octanol–water partition coefficient (Wildman–Crippen LogP) is 3.95. The fraction of sp³-hybridized carbons (Fsp3) is 0.462. The molecule has 94 valence electrons. The fourth-order valence-corrected chi connectivity index (χ4v) is 1.70. The molecule has 0 radical (unpaired) electrons. The number of anilines is 1. The van der Waals surface area contributed by atoms with Crippen molar-refractivity contribution < 1.29 is 9.90 Å². The molecule has 2 N–H and O–H groups in total. The Bertz CT molecular complexity index is 380. The van der Waals surface area contributed by atoms with E-state index in [0.29, 0.717) is 12.1 Å². The monoisotopic (exact) mass is 255 g/mol. The van der Waals surface area contributed by atoms with E-state index >= 15 is 0 Å². The number of benzene rings is 1. The standard InChI is InChI=1S/C13H18ClNO2/c1-2-3-4-5-6-13(17)15-10-7-8-12(16)11(14)9-10/h7-9,16H,2-6H2,1H3,(H,15,17). The molecule has 0 bridgehead atoms. The van der Waals surface area contributed by atoms with Crippen LogP contribution in [-0.2, 0) is 4.79 Å². The Morgan fingerprint density at radius 1 is 1.35 bits per heavy atom. The number of unbranched alkanes of at least 4 members (excludes halogenated alkanes) is 3. The van der Waals surface area contributed by atoms with Crippen LogP contribution >= 0.6 is 11.6 Å². The van der Waals surface area contributed by atoms with Crippen LogP contribution in [0.3, 0.4) is 0 Å². The van der Waals surface area contributed by atoms with E-state index in [4.69, 9.17) is 11.6 Å². The molecule has 0 aliphatic carbocycles. The minimum Gasteiger partial charge on any atom is -0.506 e. The van der Waals surface area contributed by atoms with Gasteiger partial charge in [0, 0.05) is 12.1 Å². The van der Waals surface area contributed by atoms with Gasteiger partial charge in [0.25, 0.3) is 0 Å². The molecule has 0 heterocycles. The van der Waals surface area contributed by atoms with Crippen LogP contribution in [0.1, 0.15) is 39.0 Å². The van der Waals surface area contributed by atoms with Gasteiger partial charge in [0.15, 0.2) is 0 Å². The summed E-state index contributed by atoms with van der Waals surface area (Å²) in [4.78, 5) is 11.6. The summed E-state index contributed by atoms with van der Waals surface area (Å²) in [5.74, 6) is 0.00970. The van der Waals surface area contributed by atoms with Gasteiger partial charge < -0.3 is 10.4 Å². The number of amides is 1. The number of carbonyl (C=O) groups is 1. The van der Waals surface area contributed by atoms with Crippen LogP contribution < -0.4 is 5.32 Å². The summed E-state index contributed by atoms with van der Waals surface area (Å²) < 4.78 is 0. The van der Waals surface area contributed by atoms with Crippen molar-refractivity contribution >= 4 is 23.2 Å².